The molecule has 1 aliphatic heterocycles. The molecule has 6 nitrogen and oxygen atoms in total. The number of hydrogen-bond donors (Lipinski definition) is 2. The number of H-pyrrole nitrogens is 1. The molecule has 0 radical (unpaired) electrons. The Morgan fingerprint density at radius 1 is 1.50 bits per heavy atom. The number of aryl methyl sites for hydroxylation is 1. The summed E-state index contributed by atoms with van der Waals surface area (Å²) in [5.74, 6) is 2.20. The molecule has 2 N–H and O–H groups in total. The zero-order valence-corrected chi connectivity index (χ0v) is 10.6. The number of nitrogens with zero attached hydrogens (tertiary/aromatic N) is 3. The normalized spacial score (nSPS) is 20.3. The van der Waals surface area contributed by atoms with Crippen molar-refractivity contribution in [2.45, 2.75) is 19.9 Å². The molecule has 1 aliphatic rings. The summed E-state index contributed by atoms with van der Waals surface area (Å²) in [6.07, 6.45) is 1.67. The van der Waals surface area contributed by atoms with Gasteiger partial charge in [0.1, 0.15) is 0 Å². The van der Waals surface area contributed by atoms with Gasteiger partial charge >= 0.3 is 0 Å². The fourth-order valence-electron chi connectivity index (χ4n) is 2.23. The van der Waals surface area contributed by atoms with Crippen LogP contribution >= 0.6 is 0 Å². The molecule has 0 saturated carbocycles. The van der Waals surface area contributed by atoms with Gasteiger partial charge in [-0.05, 0) is 25.5 Å². The number of furan rings is 1. The Kier molecular flexibility index (Phi) is 2.79. The summed E-state index contributed by atoms with van der Waals surface area (Å²) in [5, 5.41) is 10.6. The molecule has 1 fully saturated rings. The molecule has 6 heteroatoms. The zero-order valence-electron chi connectivity index (χ0n) is 10.6. The molecule has 2 aromatic heterocycles. The Morgan fingerprint density at radius 2 is 2.39 bits per heavy atom. The van der Waals surface area contributed by atoms with Gasteiger partial charge in [0.25, 0.3) is 0 Å². The van der Waals surface area contributed by atoms with Crippen LogP contribution in [-0.4, -0.2) is 40.9 Å². The van der Waals surface area contributed by atoms with E-state index in [9.17, 15) is 0 Å². The second kappa shape index (κ2) is 4.45. The van der Waals surface area contributed by atoms with Gasteiger partial charge in [-0.2, -0.15) is 4.98 Å². The van der Waals surface area contributed by atoms with E-state index in [-0.39, 0.29) is 0 Å². The summed E-state index contributed by atoms with van der Waals surface area (Å²) in [6, 6.07) is 2.38. The molecular weight excluding hydrogens is 230 g/mol. The predicted molar refractivity (Wildman–Crippen MR) is 68.5 cm³/mol. The van der Waals surface area contributed by atoms with E-state index in [1.165, 1.54) is 0 Å². The first-order valence-electron chi connectivity index (χ1n) is 6.19. The second-order valence-electron chi connectivity index (χ2n) is 4.72. The van der Waals surface area contributed by atoms with Gasteiger partial charge < -0.3 is 14.6 Å². The first-order chi connectivity index (χ1) is 8.74. The molecule has 3 rings (SSSR count). The van der Waals surface area contributed by atoms with Crippen molar-refractivity contribution >= 4 is 5.95 Å². The van der Waals surface area contributed by atoms with Crippen LogP contribution in [0, 0.1) is 6.92 Å². The van der Waals surface area contributed by atoms with E-state index < -0.39 is 0 Å². The summed E-state index contributed by atoms with van der Waals surface area (Å²) in [4.78, 5) is 6.69. The Bertz CT molecular complexity index is 532. The van der Waals surface area contributed by atoms with E-state index in [0.29, 0.717) is 11.9 Å². The van der Waals surface area contributed by atoms with E-state index >= 15 is 0 Å². The van der Waals surface area contributed by atoms with E-state index in [4.69, 9.17) is 4.42 Å². The largest absolute Gasteiger partial charge is 0.461 e. The third kappa shape index (κ3) is 1.99. The first-order valence-corrected chi connectivity index (χ1v) is 6.19. The lowest BCUT2D eigenvalue weighted by atomic mass is 10.2. The van der Waals surface area contributed by atoms with Crippen molar-refractivity contribution in [3.8, 4) is 11.6 Å². The second-order valence-corrected chi connectivity index (χ2v) is 4.72. The molecule has 0 aliphatic carbocycles. The van der Waals surface area contributed by atoms with Crippen molar-refractivity contribution in [1.29, 1.82) is 0 Å². The van der Waals surface area contributed by atoms with Crippen molar-refractivity contribution in [1.82, 2.24) is 20.5 Å². The highest BCUT2D eigenvalue weighted by molar-refractivity contribution is 5.53. The van der Waals surface area contributed by atoms with Crippen molar-refractivity contribution in [2.75, 3.05) is 24.5 Å². The summed E-state index contributed by atoms with van der Waals surface area (Å²) in [7, 11) is 0. The minimum absolute atomic E-state index is 0.464. The molecule has 0 amide bonds. The summed E-state index contributed by atoms with van der Waals surface area (Å²) >= 11 is 0. The number of rotatable bonds is 2. The maximum atomic E-state index is 5.41. The van der Waals surface area contributed by atoms with Gasteiger partial charge in [-0.25, -0.2) is 0 Å². The van der Waals surface area contributed by atoms with Gasteiger partial charge in [0.15, 0.2) is 11.6 Å². The van der Waals surface area contributed by atoms with E-state index in [2.05, 4.69) is 32.3 Å². The molecule has 1 saturated heterocycles. The van der Waals surface area contributed by atoms with Crippen LogP contribution in [0.4, 0.5) is 5.95 Å². The minimum Gasteiger partial charge on any atom is -0.461 e. The highest BCUT2D eigenvalue weighted by atomic mass is 16.3. The van der Waals surface area contributed by atoms with Crippen molar-refractivity contribution in [3.05, 3.63) is 17.9 Å². The minimum atomic E-state index is 0.464. The molecule has 3 heterocycles. The summed E-state index contributed by atoms with van der Waals surface area (Å²) in [6.45, 7) is 6.97. The lowest BCUT2D eigenvalue weighted by Gasteiger charge is -2.30. The van der Waals surface area contributed by atoms with E-state index in [1.807, 2.05) is 13.0 Å². The summed E-state index contributed by atoms with van der Waals surface area (Å²) in [5.41, 5.74) is 1.06. The molecular formula is C12H17N5O. The van der Waals surface area contributed by atoms with Crippen LogP contribution in [0.1, 0.15) is 12.5 Å². The average molecular weight is 247 g/mol. The third-order valence-electron chi connectivity index (χ3n) is 3.20. The van der Waals surface area contributed by atoms with Gasteiger partial charge in [-0.3, -0.25) is 5.10 Å². The Labute approximate surface area is 105 Å². The van der Waals surface area contributed by atoms with Crippen LogP contribution < -0.4 is 10.2 Å². The van der Waals surface area contributed by atoms with Gasteiger partial charge in [0, 0.05) is 25.7 Å². The fourth-order valence-corrected chi connectivity index (χ4v) is 2.23. The molecule has 0 bridgehead atoms. The smallest absolute Gasteiger partial charge is 0.245 e. The van der Waals surface area contributed by atoms with Crippen LogP contribution in [0.2, 0.25) is 0 Å². The van der Waals surface area contributed by atoms with Crippen LogP contribution in [0.3, 0.4) is 0 Å². The quantitative estimate of drug-likeness (QED) is 0.833. The van der Waals surface area contributed by atoms with Crippen LogP contribution in [0.15, 0.2) is 16.7 Å². The van der Waals surface area contributed by atoms with Crippen LogP contribution in [0.5, 0.6) is 0 Å². The highest BCUT2D eigenvalue weighted by Gasteiger charge is 2.20. The SMILES string of the molecule is Cc1ccoc1-c1nc(N2CCNC(C)C2)n[nH]1. The van der Waals surface area contributed by atoms with Crippen molar-refractivity contribution in [3.63, 3.8) is 0 Å². The molecule has 2 aromatic rings. The number of piperazine rings is 1. The number of nitrogens with one attached hydrogen (secondary N) is 2. The average Bonchev–Trinajstić information content (AvgIpc) is 2.97. The Hall–Kier alpha value is -1.82. The monoisotopic (exact) mass is 247 g/mol. The Balaban J connectivity index is 1.83. The first kappa shape index (κ1) is 11.3. The lowest BCUT2D eigenvalue weighted by molar-refractivity contribution is 0.480. The highest BCUT2D eigenvalue weighted by Crippen LogP contribution is 2.22. The third-order valence-corrected chi connectivity index (χ3v) is 3.20. The molecule has 18 heavy (non-hydrogen) atoms. The van der Waals surface area contributed by atoms with Gasteiger partial charge in [0.2, 0.25) is 5.95 Å². The Morgan fingerprint density at radius 3 is 3.11 bits per heavy atom. The van der Waals surface area contributed by atoms with E-state index in [1.54, 1.807) is 6.26 Å². The molecule has 0 aromatic carbocycles. The van der Waals surface area contributed by atoms with Crippen LogP contribution in [0.25, 0.3) is 11.6 Å². The van der Waals surface area contributed by atoms with Crippen LogP contribution in [-0.2, 0) is 0 Å². The van der Waals surface area contributed by atoms with E-state index in [0.717, 1.165) is 36.9 Å². The fraction of sp³-hybridized carbons (Fsp3) is 0.500. The van der Waals surface area contributed by atoms with Crippen molar-refractivity contribution < 1.29 is 4.42 Å². The molecule has 1 atom stereocenters. The molecule has 0 spiro atoms. The number of hydrogen-bond acceptors (Lipinski definition) is 5. The maximum Gasteiger partial charge on any atom is 0.245 e. The topological polar surface area (TPSA) is 70.0 Å². The number of aromatic amines is 1. The van der Waals surface area contributed by atoms with Gasteiger partial charge in [-0.15, -0.1) is 5.10 Å². The van der Waals surface area contributed by atoms with Gasteiger partial charge in [-0.1, -0.05) is 0 Å². The maximum absolute atomic E-state index is 5.41. The predicted octanol–water partition coefficient (Wildman–Crippen LogP) is 1.17. The standard InChI is InChI=1S/C12H17N5O/c1-8-3-6-18-10(8)11-14-12(16-15-11)17-5-4-13-9(2)7-17/h3,6,9,13H,4-5,7H2,1-2H3,(H,14,15,16). The summed E-state index contributed by atoms with van der Waals surface area (Å²) < 4.78 is 5.41. The molecule has 1 unspecified atom stereocenters. The molecule has 96 valence electrons. The number of anilines is 1. The lowest BCUT2D eigenvalue weighted by Crippen LogP contribution is -2.49. The number of aromatic nitrogens is 3. The van der Waals surface area contributed by atoms with Crippen molar-refractivity contribution in [2.24, 2.45) is 0 Å². The zero-order chi connectivity index (χ0) is 12.5. The van der Waals surface area contributed by atoms with Gasteiger partial charge in [0.05, 0.1) is 6.26 Å².